The van der Waals surface area contributed by atoms with Gasteiger partial charge in [0.1, 0.15) is 0 Å². The van der Waals surface area contributed by atoms with Crippen molar-refractivity contribution < 1.29 is 54.8 Å². The molecule has 0 aromatic heterocycles. The van der Waals surface area contributed by atoms with Crippen molar-refractivity contribution in [1.29, 1.82) is 0 Å². The maximum absolute atomic E-state index is 9.41. The summed E-state index contributed by atoms with van der Waals surface area (Å²) in [6.07, 6.45) is 0.688. The first-order valence-electron chi connectivity index (χ1n) is 7.81. The predicted octanol–water partition coefficient (Wildman–Crippen LogP) is -2.89. The molecule has 1 aliphatic carbocycles. The summed E-state index contributed by atoms with van der Waals surface area (Å²) in [5, 5.41) is 16.2. The Kier molecular flexibility index (Phi) is 6.89. The summed E-state index contributed by atoms with van der Waals surface area (Å²) in [6, 6.07) is 4.42. The standard InChI is InChI=1S/C17H24NO2Si.2ClH.Ti/c1-17(2,3)18-15-11(8-9-19)6-7-12-10-13-16(14(12)15)21(13,5)20-4;;;/h6-7,10,18-19H,8-9H2,1-5H3;2*1H;/q;;;+2/p-2. The number of fused-ring (bicyclic) bond motifs is 2. The molecule has 0 fully saturated rings. The van der Waals surface area contributed by atoms with Crippen LogP contribution in [0.15, 0.2) is 17.3 Å². The SMILES string of the molecule is CO[Si]1(C)C2=C1[CH]([Ti+2])c1ccc(CCO)c(NC(C)(C)C)c12.[Cl-].[Cl-]. The van der Waals surface area contributed by atoms with Crippen LogP contribution < -0.4 is 30.1 Å². The Hall–Kier alpha value is 0.191. The molecule has 2 atom stereocenters. The third-order valence-corrected chi connectivity index (χ3v) is 9.65. The fraction of sp³-hybridized carbons (Fsp3) is 0.529. The molecule has 0 saturated carbocycles. The smallest absolute Gasteiger partial charge is 1.00 e. The van der Waals surface area contributed by atoms with Crippen molar-refractivity contribution in [2.75, 3.05) is 19.0 Å². The van der Waals surface area contributed by atoms with Gasteiger partial charge < -0.3 is 24.8 Å². The predicted molar refractivity (Wildman–Crippen MR) is 88.9 cm³/mol. The van der Waals surface area contributed by atoms with E-state index in [1.807, 2.05) is 7.11 Å². The van der Waals surface area contributed by atoms with Gasteiger partial charge in [0.25, 0.3) is 0 Å². The van der Waals surface area contributed by atoms with Crippen LogP contribution in [0.1, 0.15) is 41.7 Å². The minimum atomic E-state index is -1.76. The Morgan fingerprint density at radius 3 is 2.42 bits per heavy atom. The van der Waals surface area contributed by atoms with E-state index in [0.717, 1.165) is 0 Å². The Balaban J connectivity index is 0.00000144. The van der Waals surface area contributed by atoms with E-state index in [9.17, 15) is 5.11 Å². The molecule has 3 rings (SSSR count). The average Bonchev–Trinajstić information content (AvgIpc) is 2.91. The number of aliphatic hydroxyl groups is 1. The van der Waals surface area contributed by atoms with Gasteiger partial charge in [0.15, 0.2) is 0 Å². The molecule has 0 spiro atoms. The molecule has 2 unspecified atom stereocenters. The fourth-order valence-electron chi connectivity index (χ4n) is 3.56. The van der Waals surface area contributed by atoms with Gasteiger partial charge in [-0.2, -0.15) is 0 Å². The minimum Gasteiger partial charge on any atom is -1.00 e. The monoisotopic (exact) mass is 420 g/mol. The van der Waals surface area contributed by atoms with E-state index < -0.39 is 8.32 Å². The van der Waals surface area contributed by atoms with E-state index in [1.54, 1.807) is 5.20 Å². The minimum absolute atomic E-state index is 0. The topological polar surface area (TPSA) is 41.5 Å². The molecule has 7 heteroatoms. The molecule has 131 valence electrons. The van der Waals surface area contributed by atoms with Gasteiger partial charge in [0.2, 0.25) is 0 Å². The number of anilines is 1. The Labute approximate surface area is 170 Å². The van der Waals surface area contributed by atoms with Crippen LogP contribution in [0.5, 0.6) is 0 Å². The van der Waals surface area contributed by atoms with Crippen LogP contribution in [0.2, 0.25) is 6.55 Å². The second-order valence-corrected chi connectivity index (χ2v) is 11.8. The number of nitrogens with one attached hydrogen (secondary N) is 1. The van der Waals surface area contributed by atoms with Crippen molar-refractivity contribution in [1.82, 2.24) is 0 Å². The van der Waals surface area contributed by atoms with Crippen molar-refractivity contribution in [3.63, 3.8) is 0 Å². The van der Waals surface area contributed by atoms with Crippen LogP contribution >= 0.6 is 0 Å². The number of halogens is 2. The Morgan fingerprint density at radius 1 is 1.29 bits per heavy atom. The van der Waals surface area contributed by atoms with E-state index in [1.165, 1.54) is 27.6 Å². The zero-order chi connectivity index (χ0) is 16.3. The molecule has 3 nitrogen and oxygen atoms in total. The Bertz CT molecular complexity index is 675. The molecule has 0 radical (unpaired) electrons. The van der Waals surface area contributed by atoms with Crippen LogP contribution in [0, 0.1) is 0 Å². The quantitative estimate of drug-likeness (QED) is 0.514. The molecule has 24 heavy (non-hydrogen) atoms. The summed E-state index contributed by atoms with van der Waals surface area (Å²) >= 11 is 2.30. The second-order valence-electron chi connectivity index (χ2n) is 7.37. The van der Waals surface area contributed by atoms with Gasteiger partial charge in [0, 0.05) is 0 Å². The summed E-state index contributed by atoms with van der Waals surface area (Å²) in [5.41, 5.74) is 5.20. The zero-order valence-corrected chi connectivity index (χ0v) is 18.8. The van der Waals surface area contributed by atoms with Crippen molar-refractivity contribution >= 4 is 19.2 Å². The zero-order valence-electron chi connectivity index (χ0n) is 14.8. The van der Waals surface area contributed by atoms with E-state index in [2.05, 4.69) is 65.2 Å². The molecule has 1 aromatic rings. The van der Waals surface area contributed by atoms with Crippen LogP contribution in [-0.4, -0.2) is 32.7 Å². The molecular formula is C17H24Cl2NO2SiTi. The summed E-state index contributed by atoms with van der Waals surface area (Å²) < 4.78 is 6.39. The van der Waals surface area contributed by atoms with Crippen molar-refractivity contribution in [2.24, 2.45) is 0 Å². The number of rotatable bonds is 4. The van der Waals surface area contributed by atoms with E-state index >= 15 is 0 Å². The van der Waals surface area contributed by atoms with Crippen molar-refractivity contribution in [2.45, 2.75) is 43.5 Å². The van der Waals surface area contributed by atoms with Gasteiger partial charge in [-0.3, -0.25) is 0 Å². The molecule has 0 bridgehead atoms. The third kappa shape index (κ3) is 3.39. The first-order chi connectivity index (χ1) is 10.2. The summed E-state index contributed by atoms with van der Waals surface area (Å²) in [4.78, 5) is 0. The first-order valence-corrected chi connectivity index (χ1v) is 11.1. The molecule has 2 aliphatic rings. The van der Waals surface area contributed by atoms with Gasteiger partial charge in [-0.25, -0.2) is 0 Å². The van der Waals surface area contributed by atoms with Gasteiger partial charge in [-0.1, -0.05) is 0 Å². The molecule has 0 saturated heterocycles. The average molecular weight is 421 g/mol. The number of benzene rings is 1. The number of hydrogen-bond donors (Lipinski definition) is 2. The van der Waals surface area contributed by atoms with Crippen LogP contribution in [-0.2, 0) is 31.3 Å². The van der Waals surface area contributed by atoms with Crippen LogP contribution in [0.25, 0.3) is 5.20 Å². The van der Waals surface area contributed by atoms with Crippen molar-refractivity contribution in [3.05, 3.63) is 34.0 Å². The second kappa shape index (κ2) is 7.44. The maximum Gasteiger partial charge on any atom is -1.00 e. The summed E-state index contributed by atoms with van der Waals surface area (Å²) in [7, 11) is 0.0892. The summed E-state index contributed by atoms with van der Waals surface area (Å²) in [6.45, 7) is 9.03. The Morgan fingerprint density at radius 2 is 1.92 bits per heavy atom. The number of hydrogen-bond acceptors (Lipinski definition) is 3. The summed E-state index contributed by atoms with van der Waals surface area (Å²) in [5.74, 6) is 0. The number of allylic oxidation sites excluding steroid dienone is 1. The third-order valence-electron chi connectivity index (χ3n) is 4.66. The molecule has 2 N–H and O–H groups in total. The molecule has 1 aliphatic heterocycles. The van der Waals surface area contributed by atoms with E-state index in [0.29, 0.717) is 10.6 Å². The van der Waals surface area contributed by atoms with Gasteiger partial charge in [-0.05, 0) is 0 Å². The molecule has 1 aromatic carbocycles. The van der Waals surface area contributed by atoms with Gasteiger partial charge >= 0.3 is 146 Å². The number of aliphatic hydroxyl groups excluding tert-OH is 1. The van der Waals surface area contributed by atoms with Crippen LogP contribution in [0.3, 0.4) is 0 Å². The van der Waals surface area contributed by atoms with Gasteiger partial charge in [0.05, 0.1) is 0 Å². The van der Waals surface area contributed by atoms with Gasteiger partial charge in [-0.15, -0.1) is 0 Å². The molecule has 1 heterocycles. The van der Waals surface area contributed by atoms with Crippen LogP contribution in [0.4, 0.5) is 5.69 Å². The molecular weight excluding hydrogens is 397 g/mol. The molecule has 0 amide bonds. The fourth-order valence-corrected chi connectivity index (χ4v) is 9.11. The van der Waals surface area contributed by atoms with E-state index in [-0.39, 0.29) is 37.0 Å². The largest absolute Gasteiger partial charge is 1.00 e. The van der Waals surface area contributed by atoms with E-state index in [4.69, 9.17) is 4.43 Å². The first kappa shape index (κ1) is 22.2. The maximum atomic E-state index is 9.41. The van der Waals surface area contributed by atoms with Crippen molar-refractivity contribution in [3.8, 4) is 0 Å². The normalized spacial score (nSPS) is 23.9.